The normalized spacial score (nSPS) is 10.6. The van der Waals surface area contributed by atoms with Gasteiger partial charge in [0, 0.05) is 31.8 Å². The van der Waals surface area contributed by atoms with Crippen molar-refractivity contribution in [2.45, 2.75) is 20.0 Å². The minimum Gasteiger partial charge on any atom is -0.497 e. The molecule has 0 spiro atoms. The summed E-state index contributed by atoms with van der Waals surface area (Å²) in [6.45, 7) is 3.88. The van der Waals surface area contributed by atoms with E-state index in [0.29, 0.717) is 25.7 Å². The first-order valence-corrected chi connectivity index (χ1v) is 8.57. The highest BCUT2D eigenvalue weighted by atomic mass is 127. The lowest BCUT2D eigenvalue weighted by molar-refractivity contribution is 0.340. The third-order valence-electron chi connectivity index (χ3n) is 3.83. The van der Waals surface area contributed by atoms with Crippen LogP contribution in [0.1, 0.15) is 18.1 Å². The Hall–Kier alpha value is -2.16. The largest absolute Gasteiger partial charge is 0.497 e. The van der Waals surface area contributed by atoms with Gasteiger partial charge in [0.1, 0.15) is 17.2 Å². The van der Waals surface area contributed by atoms with Gasteiger partial charge < -0.3 is 24.8 Å². The molecule has 7 heteroatoms. The zero-order chi connectivity index (χ0) is 18.8. The number of nitrogens with zero attached hydrogens (tertiary/aromatic N) is 1. The smallest absolute Gasteiger partial charge is 0.191 e. The number of benzene rings is 2. The first kappa shape index (κ1) is 22.9. The molecule has 0 aliphatic carbocycles. The number of methoxy groups -OCH3 is 2. The molecule has 0 atom stereocenters. The van der Waals surface area contributed by atoms with Crippen molar-refractivity contribution in [1.82, 2.24) is 10.6 Å². The average Bonchev–Trinajstić information content (AvgIpc) is 2.68. The maximum atomic E-state index is 5.53. The summed E-state index contributed by atoms with van der Waals surface area (Å²) in [5.41, 5.74) is 2.15. The SMILES string of the molecule is CCOc1cccc(CNC(=NC)NCc2ccc(OC)cc2OC)c1.I. The number of guanidine groups is 1. The molecule has 2 aromatic rings. The fourth-order valence-electron chi connectivity index (χ4n) is 2.50. The van der Waals surface area contributed by atoms with Gasteiger partial charge in [-0.25, -0.2) is 0 Å². The lowest BCUT2D eigenvalue weighted by Crippen LogP contribution is -2.36. The van der Waals surface area contributed by atoms with Crippen LogP contribution in [0.2, 0.25) is 0 Å². The van der Waals surface area contributed by atoms with E-state index in [-0.39, 0.29) is 24.0 Å². The van der Waals surface area contributed by atoms with Crippen molar-refractivity contribution in [1.29, 1.82) is 0 Å². The molecule has 0 amide bonds. The number of halogens is 1. The van der Waals surface area contributed by atoms with Crippen LogP contribution >= 0.6 is 24.0 Å². The summed E-state index contributed by atoms with van der Waals surface area (Å²) in [6, 6.07) is 13.8. The summed E-state index contributed by atoms with van der Waals surface area (Å²) in [5.74, 6) is 3.13. The zero-order valence-electron chi connectivity index (χ0n) is 16.2. The monoisotopic (exact) mass is 485 g/mol. The zero-order valence-corrected chi connectivity index (χ0v) is 18.6. The topological polar surface area (TPSA) is 64.1 Å². The summed E-state index contributed by atoms with van der Waals surface area (Å²) in [6.07, 6.45) is 0. The Morgan fingerprint density at radius 3 is 2.41 bits per heavy atom. The summed E-state index contributed by atoms with van der Waals surface area (Å²) in [4.78, 5) is 4.26. The second-order valence-corrected chi connectivity index (χ2v) is 5.54. The summed E-state index contributed by atoms with van der Waals surface area (Å²) in [7, 11) is 5.03. The Bertz CT molecular complexity index is 738. The van der Waals surface area contributed by atoms with Gasteiger partial charge >= 0.3 is 0 Å². The van der Waals surface area contributed by atoms with E-state index in [4.69, 9.17) is 14.2 Å². The second-order valence-electron chi connectivity index (χ2n) is 5.54. The van der Waals surface area contributed by atoms with Crippen LogP contribution < -0.4 is 24.8 Å². The van der Waals surface area contributed by atoms with E-state index in [1.54, 1.807) is 21.3 Å². The number of ether oxygens (including phenoxy) is 3. The fraction of sp³-hybridized carbons (Fsp3) is 0.350. The van der Waals surface area contributed by atoms with E-state index in [0.717, 1.165) is 28.4 Å². The fourth-order valence-corrected chi connectivity index (χ4v) is 2.50. The standard InChI is InChI=1S/C20H27N3O3.HI/c1-5-26-18-8-6-7-15(11-18)13-22-20(21-2)23-14-16-9-10-17(24-3)12-19(16)25-4;/h6-12H,5,13-14H2,1-4H3,(H2,21,22,23);1H. The maximum absolute atomic E-state index is 5.53. The summed E-state index contributed by atoms with van der Waals surface area (Å²) < 4.78 is 16.2. The van der Waals surface area contributed by atoms with Crippen LogP contribution in [0.25, 0.3) is 0 Å². The predicted octanol–water partition coefficient (Wildman–Crippen LogP) is 3.59. The van der Waals surface area contributed by atoms with Crippen molar-refractivity contribution in [3.63, 3.8) is 0 Å². The molecule has 148 valence electrons. The number of hydrogen-bond donors (Lipinski definition) is 2. The molecule has 0 radical (unpaired) electrons. The highest BCUT2D eigenvalue weighted by molar-refractivity contribution is 14.0. The highest BCUT2D eigenvalue weighted by Crippen LogP contribution is 2.24. The summed E-state index contributed by atoms with van der Waals surface area (Å²) >= 11 is 0. The van der Waals surface area contributed by atoms with Gasteiger partial charge in [0.15, 0.2) is 5.96 Å². The molecule has 0 fully saturated rings. The van der Waals surface area contributed by atoms with Gasteiger partial charge in [0.2, 0.25) is 0 Å². The van der Waals surface area contributed by atoms with Gasteiger partial charge in [-0.3, -0.25) is 4.99 Å². The molecule has 6 nitrogen and oxygen atoms in total. The first-order valence-electron chi connectivity index (χ1n) is 8.57. The van der Waals surface area contributed by atoms with E-state index in [2.05, 4.69) is 21.7 Å². The molecule has 0 unspecified atom stereocenters. The van der Waals surface area contributed by atoms with E-state index in [1.807, 2.05) is 43.3 Å². The summed E-state index contributed by atoms with van der Waals surface area (Å²) in [5, 5.41) is 6.60. The van der Waals surface area contributed by atoms with Crippen LogP contribution in [0.5, 0.6) is 17.2 Å². The van der Waals surface area contributed by atoms with E-state index >= 15 is 0 Å². The molecular weight excluding hydrogens is 457 g/mol. The third kappa shape index (κ3) is 7.16. The van der Waals surface area contributed by atoms with Crippen LogP contribution in [-0.2, 0) is 13.1 Å². The molecule has 0 saturated heterocycles. The van der Waals surface area contributed by atoms with Gasteiger partial charge in [-0.2, -0.15) is 0 Å². The number of nitrogens with one attached hydrogen (secondary N) is 2. The molecule has 0 aliphatic heterocycles. The van der Waals surface area contributed by atoms with Crippen LogP contribution in [0.4, 0.5) is 0 Å². The van der Waals surface area contributed by atoms with Crippen molar-refractivity contribution in [2.24, 2.45) is 4.99 Å². The number of hydrogen-bond acceptors (Lipinski definition) is 4. The van der Waals surface area contributed by atoms with Crippen molar-refractivity contribution in [3.8, 4) is 17.2 Å². The average molecular weight is 485 g/mol. The first-order chi connectivity index (χ1) is 12.7. The third-order valence-corrected chi connectivity index (χ3v) is 3.83. The van der Waals surface area contributed by atoms with E-state index < -0.39 is 0 Å². The molecule has 0 saturated carbocycles. The Kier molecular flexibility index (Phi) is 10.4. The van der Waals surface area contributed by atoms with Crippen LogP contribution in [-0.4, -0.2) is 33.8 Å². The van der Waals surface area contributed by atoms with Gasteiger partial charge in [0.25, 0.3) is 0 Å². The Morgan fingerprint density at radius 2 is 1.74 bits per heavy atom. The maximum Gasteiger partial charge on any atom is 0.191 e. The number of aliphatic imine (C=N–C) groups is 1. The second kappa shape index (κ2) is 12.3. The van der Waals surface area contributed by atoms with Crippen molar-refractivity contribution >= 4 is 29.9 Å². The quantitative estimate of drug-likeness (QED) is 0.340. The Morgan fingerprint density at radius 1 is 0.963 bits per heavy atom. The molecule has 0 aromatic heterocycles. The van der Waals surface area contributed by atoms with Crippen molar-refractivity contribution < 1.29 is 14.2 Å². The van der Waals surface area contributed by atoms with E-state index in [9.17, 15) is 0 Å². The lowest BCUT2D eigenvalue weighted by atomic mass is 10.2. The Balaban J connectivity index is 0.00000364. The molecule has 0 bridgehead atoms. The van der Waals surface area contributed by atoms with Gasteiger partial charge in [-0.1, -0.05) is 12.1 Å². The Labute approximate surface area is 178 Å². The molecule has 27 heavy (non-hydrogen) atoms. The van der Waals surface area contributed by atoms with Crippen LogP contribution in [0.3, 0.4) is 0 Å². The van der Waals surface area contributed by atoms with Crippen molar-refractivity contribution in [3.05, 3.63) is 53.6 Å². The van der Waals surface area contributed by atoms with Crippen LogP contribution in [0, 0.1) is 0 Å². The van der Waals surface area contributed by atoms with E-state index in [1.165, 1.54) is 0 Å². The number of rotatable bonds is 8. The van der Waals surface area contributed by atoms with Gasteiger partial charge in [-0.05, 0) is 36.8 Å². The van der Waals surface area contributed by atoms with Gasteiger partial charge in [0.05, 0.1) is 20.8 Å². The van der Waals surface area contributed by atoms with Crippen LogP contribution in [0.15, 0.2) is 47.5 Å². The minimum absolute atomic E-state index is 0. The molecule has 0 aliphatic rings. The van der Waals surface area contributed by atoms with Gasteiger partial charge in [-0.15, -0.1) is 24.0 Å². The molecule has 2 rings (SSSR count). The predicted molar refractivity (Wildman–Crippen MR) is 120 cm³/mol. The molecule has 2 aromatic carbocycles. The molecule has 2 N–H and O–H groups in total. The highest BCUT2D eigenvalue weighted by Gasteiger charge is 2.06. The lowest BCUT2D eigenvalue weighted by Gasteiger charge is -2.15. The molecular formula is C20H28IN3O3. The van der Waals surface area contributed by atoms with Crippen molar-refractivity contribution in [2.75, 3.05) is 27.9 Å². The molecule has 0 heterocycles. The minimum atomic E-state index is 0.